The van der Waals surface area contributed by atoms with Crippen molar-refractivity contribution in [3.05, 3.63) is 0 Å². The molecule has 1 atom stereocenters. The summed E-state index contributed by atoms with van der Waals surface area (Å²) in [5.74, 6) is 1.76. The lowest BCUT2D eigenvalue weighted by atomic mass is 10.1. The fourth-order valence-corrected chi connectivity index (χ4v) is 6.33. The quantitative estimate of drug-likeness (QED) is 0.0791. The average Bonchev–Trinajstić information content (AvgIpc) is 2.79. The molecule has 0 amide bonds. The van der Waals surface area contributed by atoms with Crippen LogP contribution in [0.5, 0.6) is 0 Å². The monoisotopic (exact) mass is 522 g/mol. The molecule has 0 fully saturated rings. The lowest BCUT2D eigenvalue weighted by Crippen LogP contribution is -2.22. The summed E-state index contributed by atoms with van der Waals surface area (Å²) in [5.41, 5.74) is 0. The fraction of sp³-hybridized carbons (Fsp3) is 1.00. The van der Waals surface area contributed by atoms with E-state index in [0.29, 0.717) is 12.4 Å². The summed E-state index contributed by atoms with van der Waals surface area (Å²) in [7, 11) is -4.03. The molecule has 0 aromatic rings. The first-order chi connectivity index (χ1) is 16.5. The van der Waals surface area contributed by atoms with E-state index in [4.69, 9.17) is 4.74 Å². The minimum absolute atomic E-state index is 0.143. The Labute approximate surface area is 217 Å². The lowest BCUT2D eigenvalue weighted by Gasteiger charge is -2.18. The first-order valence-corrected chi connectivity index (χ1v) is 17.7. The number of hydrogen-bond donors (Lipinski definition) is 2. The summed E-state index contributed by atoms with van der Waals surface area (Å²) in [6.07, 6.45) is 27.2. The molecule has 4 nitrogen and oxygen atoms in total. The maximum absolute atomic E-state index is 11.5. The van der Waals surface area contributed by atoms with Gasteiger partial charge in [0.1, 0.15) is 0 Å². The van der Waals surface area contributed by atoms with Gasteiger partial charge in [-0.3, -0.25) is 4.57 Å². The largest absolute Gasteiger partial charge is 0.377 e. The Hall–Kier alpha value is 0.460. The van der Waals surface area contributed by atoms with Crippen molar-refractivity contribution >= 4 is 19.4 Å². The summed E-state index contributed by atoms with van der Waals surface area (Å²) in [4.78, 5) is 18.8. The first kappa shape index (κ1) is 34.5. The van der Waals surface area contributed by atoms with Gasteiger partial charge in [-0.05, 0) is 18.6 Å². The molecule has 0 saturated carbocycles. The zero-order valence-electron chi connectivity index (χ0n) is 22.8. The van der Waals surface area contributed by atoms with Crippen molar-refractivity contribution in [3.8, 4) is 0 Å². The van der Waals surface area contributed by atoms with Gasteiger partial charge in [-0.1, -0.05) is 136 Å². The minimum atomic E-state index is -4.03. The predicted molar refractivity (Wildman–Crippen MR) is 152 cm³/mol. The van der Waals surface area contributed by atoms with Gasteiger partial charge >= 0.3 is 7.60 Å². The number of unbranched alkanes of at least 4 members (excludes halogenated alkanes) is 19. The molecule has 6 heteroatoms. The topological polar surface area (TPSA) is 66.8 Å². The molecule has 2 N–H and O–H groups in total. The van der Waals surface area contributed by atoms with Crippen molar-refractivity contribution in [2.75, 3.05) is 24.3 Å². The predicted octanol–water partition coefficient (Wildman–Crippen LogP) is 9.51. The van der Waals surface area contributed by atoms with E-state index in [2.05, 4.69) is 13.8 Å². The fourth-order valence-electron chi connectivity index (χ4n) is 4.34. The van der Waals surface area contributed by atoms with Crippen LogP contribution in [0.3, 0.4) is 0 Å². The first-order valence-electron chi connectivity index (χ1n) is 14.7. The summed E-state index contributed by atoms with van der Waals surface area (Å²) in [6, 6.07) is 0. The van der Waals surface area contributed by atoms with Crippen LogP contribution in [0.1, 0.15) is 149 Å². The van der Waals surface area contributed by atoms with Crippen LogP contribution in [0.2, 0.25) is 0 Å². The van der Waals surface area contributed by atoms with E-state index < -0.39 is 7.60 Å². The third-order valence-corrected chi connectivity index (χ3v) is 8.56. The molecular weight excluding hydrogens is 463 g/mol. The summed E-state index contributed by atoms with van der Waals surface area (Å²) >= 11 is 1.80. The standard InChI is InChI=1S/C28H59O4PS/c1-3-5-7-9-11-13-14-15-16-17-19-21-23-25-34-27-28(26-33(29,30)31)32-24-22-20-18-12-10-8-6-4-2/h28H,3-27H2,1-2H3,(H2,29,30,31). The van der Waals surface area contributed by atoms with Crippen molar-refractivity contribution in [2.24, 2.45) is 0 Å². The van der Waals surface area contributed by atoms with Crippen LogP contribution in [-0.2, 0) is 9.30 Å². The molecule has 1 unspecified atom stereocenters. The second-order valence-corrected chi connectivity index (χ2v) is 13.0. The molecule has 0 aliphatic carbocycles. The average molecular weight is 523 g/mol. The maximum Gasteiger partial charge on any atom is 0.328 e. The van der Waals surface area contributed by atoms with Gasteiger partial charge in [0.05, 0.1) is 12.3 Å². The van der Waals surface area contributed by atoms with Gasteiger partial charge in [0, 0.05) is 12.4 Å². The van der Waals surface area contributed by atoms with E-state index in [0.717, 1.165) is 18.6 Å². The van der Waals surface area contributed by atoms with E-state index in [-0.39, 0.29) is 12.3 Å². The van der Waals surface area contributed by atoms with Gasteiger partial charge < -0.3 is 14.5 Å². The molecule has 0 spiro atoms. The van der Waals surface area contributed by atoms with Crippen molar-refractivity contribution in [1.29, 1.82) is 0 Å². The highest BCUT2D eigenvalue weighted by Gasteiger charge is 2.22. The number of rotatable bonds is 28. The van der Waals surface area contributed by atoms with Crippen LogP contribution in [0.25, 0.3) is 0 Å². The molecule has 0 aliphatic rings. The highest BCUT2D eigenvalue weighted by atomic mass is 32.2. The Balaban J connectivity index is 3.61. The van der Waals surface area contributed by atoms with Crippen LogP contribution < -0.4 is 0 Å². The van der Waals surface area contributed by atoms with Crippen molar-refractivity contribution < 1.29 is 19.1 Å². The number of ether oxygens (including phenoxy) is 1. The molecule has 0 aromatic carbocycles. The van der Waals surface area contributed by atoms with Gasteiger partial charge in [0.15, 0.2) is 0 Å². The highest BCUT2D eigenvalue weighted by Crippen LogP contribution is 2.36. The normalized spacial score (nSPS) is 12.9. The SMILES string of the molecule is CCCCCCCCCCCCCCCSCC(CP(=O)(O)O)OCCCCCCCCCC. The molecular formula is C28H59O4PS. The third kappa shape index (κ3) is 28.7. The molecule has 0 aromatic heterocycles. The van der Waals surface area contributed by atoms with Gasteiger partial charge in [-0.2, -0.15) is 11.8 Å². The van der Waals surface area contributed by atoms with Crippen LogP contribution in [0.15, 0.2) is 0 Å². The van der Waals surface area contributed by atoms with E-state index in [9.17, 15) is 14.4 Å². The van der Waals surface area contributed by atoms with Crippen molar-refractivity contribution in [3.63, 3.8) is 0 Å². The number of thioether (sulfide) groups is 1. The molecule has 0 heterocycles. The van der Waals surface area contributed by atoms with E-state index in [1.807, 2.05) is 0 Å². The zero-order chi connectivity index (χ0) is 25.2. The highest BCUT2D eigenvalue weighted by molar-refractivity contribution is 7.99. The summed E-state index contributed by atoms with van der Waals surface area (Å²) in [6.45, 7) is 5.14. The summed E-state index contributed by atoms with van der Waals surface area (Å²) < 4.78 is 17.3. The maximum atomic E-state index is 11.5. The Morgan fingerprint density at radius 2 is 1.00 bits per heavy atom. The van der Waals surface area contributed by atoms with E-state index in [1.165, 1.54) is 122 Å². The van der Waals surface area contributed by atoms with Gasteiger partial charge in [0.2, 0.25) is 0 Å². The zero-order valence-corrected chi connectivity index (χ0v) is 24.5. The minimum Gasteiger partial charge on any atom is -0.377 e. The van der Waals surface area contributed by atoms with E-state index in [1.54, 1.807) is 11.8 Å². The van der Waals surface area contributed by atoms with E-state index >= 15 is 0 Å². The van der Waals surface area contributed by atoms with Crippen LogP contribution >= 0.6 is 19.4 Å². The Kier molecular flexibility index (Phi) is 26.9. The molecule has 0 radical (unpaired) electrons. The van der Waals surface area contributed by atoms with Gasteiger partial charge in [-0.15, -0.1) is 0 Å². The molecule has 0 aliphatic heterocycles. The number of hydrogen-bond acceptors (Lipinski definition) is 3. The second-order valence-electron chi connectivity index (χ2n) is 10.1. The molecule has 34 heavy (non-hydrogen) atoms. The van der Waals surface area contributed by atoms with Crippen molar-refractivity contribution in [2.45, 2.75) is 155 Å². The Morgan fingerprint density at radius 1 is 0.618 bits per heavy atom. The Morgan fingerprint density at radius 3 is 1.41 bits per heavy atom. The van der Waals surface area contributed by atoms with Crippen LogP contribution in [0, 0.1) is 0 Å². The smallest absolute Gasteiger partial charge is 0.328 e. The lowest BCUT2D eigenvalue weighted by molar-refractivity contribution is 0.0774. The third-order valence-electron chi connectivity index (χ3n) is 6.49. The van der Waals surface area contributed by atoms with Crippen LogP contribution in [-0.4, -0.2) is 40.2 Å². The molecule has 0 saturated heterocycles. The van der Waals surface area contributed by atoms with Crippen molar-refractivity contribution in [1.82, 2.24) is 0 Å². The second kappa shape index (κ2) is 26.5. The van der Waals surface area contributed by atoms with Gasteiger partial charge in [0.25, 0.3) is 0 Å². The van der Waals surface area contributed by atoms with Gasteiger partial charge in [-0.25, -0.2) is 0 Å². The molecule has 0 rings (SSSR count). The molecule has 206 valence electrons. The molecule has 0 bridgehead atoms. The summed E-state index contributed by atoms with van der Waals surface area (Å²) in [5, 5.41) is 0. The van der Waals surface area contributed by atoms with Crippen LogP contribution in [0.4, 0.5) is 0 Å². The Bertz CT molecular complexity index is 444.